The molecule has 34 heteroatoms. The van der Waals surface area contributed by atoms with Crippen LogP contribution in [0.4, 0.5) is 0 Å². The molecule has 5 saturated heterocycles. The van der Waals surface area contributed by atoms with Gasteiger partial charge in [-0.15, -0.1) is 0 Å². The lowest BCUT2D eigenvalue weighted by atomic mass is 9.95. The zero-order valence-electron chi connectivity index (χ0n) is 50.2. The van der Waals surface area contributed by atoms with Gasteiger partial charge in [-0.2, -0.15) is 0 Å². The third-order valence-electron chi connectivity index (χ3n) is 15.5. The van der Waals surface area contributed by atoms with Crippen LogP contribution in [0.5, 0.6) is 17.2 Å². The number of phenolic OH excluding ortho intramolecular Hbond substituents is 2. The van der Waals surface area contributed by atoms with Crippen molar-refractivity contribution >= 4 is 42.0 Å². The molecular weight excluding hydrogens is 1260 g/mol. The molecule has 0 aliphatic carbocycles. The van der Waals surface area contributed by atoms with E-state index in [0.717, 1.165) is 26.0 Å². The van der Waals surface area contributed by atoms with E-state index in [0.29, 0.717) is 5.56 Å². The van der Waals surface area contributed by atoms with E-state index in [1.165, 1.54) is 86.0 Å². The molecule has 3 aromatic rings. The molecule has 3 aromatic carbocycles. The molecular formula is C60H74O34. The molecule has 94 heavy (non-hydrogen) atoms. The lowest BCUT2D eigenvalue weighted by Crippen LogP contribution is -2.69. The second-order valence-corrected chi connectivity index (χ2v) is 22.0. The fourth-order valence-electron chi connectivity index (χ4n) is 10.5. The summed E-state index contributed by atoms with van der Waals surface area (Å²) in [6.07, 6.45) is -45.3. The maximum atomic E-state index is 14.3. The van der Waals surface area contributed by atoms with E-state index in [2.05, 4.69) is 0 Å². The van der Waals surface area contributed by atoms with Crippen LogP contribution < -0.4 is 4.74 Å². The quantitative estimate of drug-likeness (QED) is 0.0215. The Balaban J connectivity index is 1.28. The number of phenols is 2. The molecule has 5 aliphatic heterocycles. The van der Waals surface area contributed by atoms with Crippen LogP contribution in [0.3, 0.4) is 0 Å². The summed E-state index contributed by atoms with van der Waals surface area (Å²) in [5, 5.41) is 153. The average molecular weight is 1340 g/mol. The van der Waals surface area contributed by atoms with Crippen molar-refractivity contribution in [3.63, 3.8) is 0 Å². The number of ether oxygens (including phenoxy) is 15. The molecule has 24 unspecified atom stereocenters. The Kier molecular flexibility index (Phi) is 25.3. The van der Waals surface area contributed by atoms with Crippen LogP contribution >= 0.6 is 0 Å². The van der Waals surface area contributed by atoms with Gasteiger partial charge in [-0.05, 0) is 59.7 Å². The Labute approximate surface area is 533 Å². The van der Waals surface area contributed by atoms with Gasteiger partial charge in [-0.1, -0.05) is 36.4 Å². The third kappa shape index (κ3) is 17.4. The molecule has 24 atom stereocenters. The Morgan fingerprint density at radius 2 is 1.00 bits per heavy atom. The second kappa shape index (κ2) is 32.7. The second-order valence-electron chi connectivity index (χ2n) is 22.0. The molecule has 5 aliphatic rings. The van der Waals surface area contributed by atoms with Gasteiger partial charge < -0.3 is 143 Å². The highest BCUT2D eigenvalue weighted by Crippen LogP contribution is 2.43. The number of aliphatic hydroxyl groups is 12. The van der Waals surface area contributed by atoms with Crippen molar-refractivity contribution in [2.24, 2.45) is 0 Å². The predicted molar refractivity (Wildman–Crippen MR) is 304 cm³/mol. The van der Waals surface area contributed by atoms with Crippen molar-refractivity contribution in [2.75, 3.05) is 46.8 Å². The van der Waals surface area contributed by atoms with Gasteiger partial charge in [0, 0.05) is 26.0 Å². The molecule has 0 radical (unpaired) electrons. The van der Waals surface area contributed by atoms with Crippen LogP contribution in [-0.2, 0) is 85.5 Å². The van der Waals surface area contributed by atoms with Crippen LogP contribution in [0.25, 0.3) is 12.2 Å². The standard InChI is InChI=1S/C60H74O34/c1-26(64)81-23-37-50(89-56-47(76)44(73)41(70)34(20-61)84-56)46(75)49(78)58(86-37)90-52-51(88-40(69)18-12-28-9-14-31(66)15-10-28)38(24-82-27(2)65)87-59(53(52)91-57-48(77)45(74)42(71)35(21-62)85-57)94-60(25-83-39(68)17-13-29-11-16-32(67)33(19-29)80-3)54(43(72)36(22-63)93-60)92-55(79)30-7-5-4-6-8-30/h4-19,34-38,41-54,56-59,61-63,66-67,70-78H,20-25H2,1-3H3. The summed E-state index contributed by atoms with van der Waals surface area (Å²) in [7, 11) is 1.27. The van der Waals surface area contributed by atoms with Gasteiger partial charge in [0.05, 0.1) is 32.5 Å². The Hall–Kier alpha value is -6.95. The zero-order chi connectivity index (χ0) is 68.3. The zero-order valence-corrected chi connectivity index (χ0v) is 50.2. The summed E-state index contributed by atoms with van der Waals surface area (Å²) in [6, 6.07) is 16.4. The summed E-state index contributed by atoms with van der Waals surface area (Å²) in [6.45, 7) is -4.45. The molecule has 0 bridgehead atoms. The number of hydrogen-bond donors (Lipinski definition) is 14. The largest absolute Gasteiger partial charge is 0.508 e. The van der Waals surface area contributed by atoms with Gasteiger partial charge in [0.1, 0.15) is 129 Å². The van der Waals surface area contributed by atoms with Crippen LogP contribution in [0, 0.1) is 0 Å². The summed E-state index contributed by atoms with van der Waals surface area (Å²) in [4.78, 5) is 67.5. The smallest absolute Gasteiger partial charge is 0.338 e. The van der Waals surface area contributed by atoms with Crippen molar-refractivity contribution < 1.29 is 167 Å². The molecule has 8 rings (SSSR count). The average Bonchev–Trinajstić information content (AvgIpc) is 1.38. The number of aliphatic hydroxyl groups excluding tert-OH is 12. The van der Waals surface area contributed by atoms with E-state index in [-0.39, 0.29) is 28.4 Å². The maximum absolute atomic E-state index is 14.3. The van der Waals surface area contributed by atoms with Gasteiger partial charge in [-0.3, -0.25) is 9.59 Å². The number of carbonyl (C=O) groups excluding carboxylic acids is 5. The Bertz CT molecular complexity index is 3060. The lowest BCUT2D eigenvalue weighted by molar-refractivity contribution is -0.423. The number of aromatic hydroxyl groups is 2. The fourth-order valence-corrected chi connectivity index (χ4v) is 10.5. The first-order valence-corrected chi connectivity index (χ1v) is 29.1. The molecule has 5 fully saturated rings. The molecule has 0 saturated carbocycles. The summed E-state index contributed by atoms with van der Waals surface area (Å²) >= 11 is 0. The molecule has 0 aromatic heterocycles. The first kappa shape index (κ1) is 72.9. The van der Waals surface area contributed by atoms with Crippen molar-refractivity contribution in [2.45, 2.75) is 161 Å². The summed E-state index contributed by atoms with van der Waals surface area (Å²) in [5.74, 6) is -9.14. The van der Waals surface area contributed by atoms with E-state index in [4.69, 9.17) is 71.1 Å². The van der Waals surface area contributed by atoms with Crippen LogP contribution in [0.2, 0.25) is 0 Å². The minimum absolute atomic E-state index is 0.00624. The third-order valence-corrected chi connectivity index (χ3v) is 15.5. The number of methoxy groups -OCH3 is 1. The lowest BCUT2D eigenvalue weighted by Gasteiger charge is -2.51. The Morgan fingerprint density at radius 1 is 0.500 bits per heavy atom. The van der Waals surface area contributed by atoms with Crippen LogP contribution in [0.15, 0.2) is 84.9 Å². The van der Waals surface area contributed by atoms with E-state index in [1.54, 1.807) is 6.07 Å². The fraction of sp³-hybridized carbons (Fsp3) is 0.550. The summed E-state index contributed by atoms with van der Waals surface area (Å²) in [5.41, 5.74) is 0.417. The molecule has 0 spiro atoms. The van der Waals surface area contributed by atoms with Crippen molar-refractivity contribution in [1.82, 2.24) is 0 Å². The number of hydrogen-bond acceptors (Lipinski definition) is 34. The molecule has 5 heterocycles. The first-order valence-electron chi connectivity index (χ1n) is 29.1. The minimum Gasteiger partial charge on any atom is -0.508 e. The topological polar surface area (TPSA) is 507 Å². The molecule has 518 valence electrons. The number of carbonyl (C=O) groups is 5. The van der Waals surface area contributed by atoms with Gasteiger partial charge in [-0.25, -0.2) is 14.4 Å². The highest BCUT2D eigenvalue weighted by Gasteiger charge is 2.64. The van der Waals surface area contributed by atoms with Gasteiger partial charge >= 0.3 is 29.8 Å². The van der Waals surface area contributed by atoms with Crippen molar-refractivity contribution in [3.8, 4) is 17.2 Å². The number of esters is 5. The van der Waals surface area contributed by atoms with E-state index in [9.17, 15) is 95.5 Å². The summed E-state index contributed by atoms with van der Waals surface area (Å²) < 4.78 is 88.9. The minimum atomic E-state index is -3.02. The number of benzene rings is 3. The van der Waals surface area contributed by atoms with Gasteiger partial charge in [0.15, 0.2) is 48.9 Å². The highest BCUT2D eigenvalue weighted by molar-refractivity contribution is 5.90. The van der Waals surface area contributed by atoms with Crippen LogP contribution in [-0.4, -0.2) is 295 Å². The maximum Gasteiger partial charge on any atom is 0.338 e. The van der Waals surface area contributed by atoms with E-state index >= 15 is 0 Å². The molecule has 14 N–H and O–H groups in total. The molecule has 34 nitrogen and oxygen atoms in total. The van der Waals surface area contributed by atoms with Crippen LogP contribution in [0.1, 0.15) is 35.3 Å². The van der Waals surface area contributed by atoms with Crippen molar-refractivity contribution in [3.05, 3.63) is 102 Å². The Morgan fingerprint density at radius 3 is 1.56 bits per heavy atom. The van der Waals surface area contributed by atoms with Gasteiger partial charge in [0.2, 0.25) is 5.79 Å². The first-order chi connectivity index (χ1) is 44.8. The monoisotopic (exact) mass is 1340 g/mol. The van der Waals surface area contributed by atoms with E-state index in [1.807, 2.05) is 0 Å². The van der Waals surface area contributed by atoms with Crippen molar-refractivity contribution in [1.29, 1.82) is 0 Å². The number of rotatable bonds is 25. The normalized spacial score (nSPS) is 36.0. The van der Waals surface area contributed by atoms with Gasteiger partial charge in [0.25, 0.3) is 0 Å². The van der Waals surface area contributed by atoms with E-state index < -0.39 is 216 Å². The SMILES string of the molecule is COc1cc(C=CC(=O)OCC2(OC3OC(COC(C)=O)C(OC(=O)C=Cc4ccc(O)cc4)C(OC4OC(COC(C)=O)C(OC5OC(CO)C(O)C(O)C5O)C(O)C4O)C3OC3OC(CO)C(O)C(O)C3O)OC(CO)C(O)C2OC(=O)c2ccccc2)ccc1O. The predicted octanol–water partition coefficient (Wildman–Crippen LogP) is -4.97. The highest BCUT2D eigenvalue weighted by atomic mass is 16.8. The molecule has 0 amide bonds.